The van der Waals surface area contributed by atoms with Gasteiger partial charge in [-0.25, -0.2) is 0 Å². The van der Waals surface area contributed by atoms with Gasteiger partial charge in [0.1, 0.15) is 0 Å². The van der Waals surface area contributed by atoms with E-state index in [-0.39, 0.29) is 17.8 Å². The summed E-state index contributed by atoms with van der Waals surface area (Å²) in [6, 6.07) is 0. The zero-order valence-electron chi connectivity index (χ0n) is 11.8. The first-order chi connectivity index (χ1) is 8.46. The molecular weight excluding hydrogens is 232 g/mol. The minimum atomic E-state index is -0.426. The van der Waals surface area contributed by atoms with Crippen LogP contribution in [0.15, 0.2) is 0 Å². The topological polar surface area (TPSA) is 58.6 Å². The quantitative estimate of drug-likeness (QED) is 0.739. The van der Waals surface area contributed by atoms with E-state index >= 15 is 0 Å². The molecule has 1 rings (SSSR count). The summed E-state index contributed by atoms with van der Waals surface area (Å²) in [7, 11) is 3.12. The summed E-state index contributed by atoms with van der Waals surface area (Å²) in [4.78, 5) is 25.5. The van der Waals surface area contributed by atoms with Crippen LogP contribution in [0.25, 0.3) is 0 Å². The van der Waals surface area contributed by atoms with Crippen molar-refractivity contribution in [2.75, 3.05) is 27.2 Å². The second kappa shape index (κ2) is 6.18. The Morgan fingerprint density at radius 1 is 1.50 bits per heavy atom. The molecule has 1 heterocycles. The predicted molar refractivity (Wildman–Crippen MR) is 69.1 cm³/mol. The number of carbonyl (C=O) groups excluding carboxylic acids is 2. The molecule has 0 bridgehead atoms. The highest BCUT2D eigenvalue weighted by atomic mass is 16.5. The average Bonchev–Trinajstić information content (AvgIpc) is 2.86. The van der Waals surface area contributed by atoms with Gasteiger partial charge in [0.2, 0.25) is 5.91 Å². The second-order valence-corrected chi connectivity index (χ2v) is 5.08. The van der Waals surface area contributed by atoms with E-state index < -0.39 is 5.54 Å². The number of likely N-dealkylation sites (N-methyl/N-ethyl adjacent to an activating group) is 1. The third-order valence-corrected chi connectivity index (χ3v) is 3.75. The molecule has 5 nitrogen and oxygen atoms in total. The van der Waals surface area contributed by atoms with Crippen molar-refractivity contribution in [1.82, 2.24) is 10.2 Å². The van der Waals surface area contributed by atoms with E-state index in [0.29, 0.717) is 6.54 Å². The maximum atomic E-state index is 12.5. The lowest BCUT2D eigenvalue weighted by atomic mass is 9.92. The van der Waals surface area contributed by atoms with Crippen molar-refractivity contribution in [2.45, 2.75) is 38.6 Å². The van der Waals surface area contributed by atoms with E-state index in [2.05, 4.69) is 10.1 Å². The van der Waals surface area contributed by atoms with Crippen LogP contribution in [0, 0.1) is 5.92 Å². The standard InChI is InChI=1S/C13H24N2O3/c1-5-13(7-6-8-14-13)12(17)15(3)9-10(2)11(16)18-4/h10,14H,5-9H2,1-4H3. The van der Waals surface area contributed by atoms with Gasteiger partial charge in [0.15, 0.2) is 0 Å². The fourth-order valence-electron chi connectivity index (χ4n) is 2.58. The Morgan fingerprint density at radius 2 is 2.17 bits per heavy atom. The van der Waals surface area contributed by atoms with Crippen LogP contribution in [0.2, 0.25) is 0 Å². The molecule has 0 aliphatic carbocycles. The van der Waals surface area contributed by atoms with Gasteiger partial charge in [0.05, 0.1) is 18.6 Å². The summed E-state index contributed by atoms with van der Waals surface area (Å²) in [5, 5.41) is 3.31. The van der Waals surface area contributed by atoms with Crippen molar-refractivity contribution < 1.29 is 14.3 Å². The number of hydrogen-bond donors (Lipinski definition) is 1. The molecule has 18 heavy (non-hydrogen) atoms. The van der Waals surface area contributed by atoms with Crippen molar-refractivity contribution >= 4 is 11.9 Å². The molecule has 0 spiro atoms. The zero-order chi connectivity index (χ0) is 13.8. The number of rotatable bonds is 5. The summed E-state index contributed by atoms with van der Waals surface area (Å²) < 4.78 is 4.68. The molecule has 0 aromatic carbocycles. The molecule has 1 fully saturated rings. The van der Waals surface area contributed by atoms with Gasteiger partial charge >= 0.3 is 5.97 Å². The predicted octanol–water partition coefficient (Wildman–Crippen LogP) is 0.786. The number of amides is 1. The molecule has 2 unspecified atom stereocenters. The van der Waals surface area contributed by atoms with Gasteiger partial charge in [-0.2, -0.15) is 0 Å². The molecule has 0 aromatic rings. The number of ether oxygens (including phenoxy) is 1. The number of nitrogens with zero attached hydrogens (tertiary/aromatic N) is 1. The van der Waals surface area contributed by atoms with Gasteiger partial charge in [-0.05, 0) is 25.8 Å². The number of esters is 1. The molecule has 1 amide bonds. The molecule has 0 aromatic heterocycles. The van der Waals surface area contributed by atoms with Gasteiger partial charge < -0.3 is 15.0 Å². The van der Waals surface area contributed by atoms with Crippen LogP contribution in [0.5, 0.6) is 0 Å². The molecule has 2 atom stereocenters. The minimum Gasteiger partial charge on any atom is -0.469 e. The van der Waals surface area contributed by atoms with Crippen molar-refractivity contribution in [1.29, 1.82) is 0 Å². The van der Waals surface area contributed by atoms with Gasteiger partial charge in [-0.3, -0.25) is 9.59 Å². The molecule has 1 saturated heterocycles. The maximum Gasteiger partial charge on any atom is 0.310 e. The monoisotopic (exact) mass is 256 g/mol. The van der Waals surface area contributed by atoms with E-state index in [0.717, 1.165) is 25.8 Å². The van der Waals surface area contributed by atoms with Crippen LogP contribution >= 0.6 is 0 Å². The van der Waals surface area contributed by atoms with E-state index in [4.69, 9.17) is 0 Å². The van der Waals surface area contributed by atoms with Crippen molar-refractivity contribution in [3.8, 4) is 0 Å². The molecule has 1 aliphatic heterocycles. The molecule has 0 saturated carbocycles. The normalized spacial score (nSPS) is 24.7. The lowest BCUT2D eigenvalue weighted by Gasteiger charge is -2.32. The van der Waals surface area contributed by atoms with Crippen molar-refractivity contribution in [3.05, 3.63) is 0 Å². The summed E-state index contributed by atoms with van der Waals surface area (Å²) in [6.45, 7) is 5.08. The third-order valence-electron chi connectivity index (χ3n) is 3.75. The highest BCUT2D eigenvalue weighted by molar-refractivity contribution is 5.87. The fraction of sp³-hybridized carbons (Fsp3) is 0.846. The highest BCUT2D eigenvalue weighted by Crippen LogP contribution is 2.25. The largest absolute Gasteiger partial charge is 0.469 e. The van der Waals surface area contributed by atoms with Gasteiger partial charge in [-0.15, -0.1) is 0 Å². The first kappa shape index (κ1) is 15.0. The van der Waals surface area contributed by atoms with Crippen LogP contribution in [0.1, 0.15) is 33.1 Å². The van der Waals surface area contributed by atoms with Crippen molar-refractivity contribution in [2.24, 2.45) is 5.92 Å². The van der Waals surface area contributed by atoms with E-state index in [1.54, 1.807) is 18.9 Å². The molecule has 104 valence electrons. The molecule has 1 N–H and O–H groups in total. The van der Waals surface area contributed by atoms with Crippen LogP contribution < -0.4 is 5.32 Å². The Bertz CT molecular complexity index is 311. The number of carbonyl (C=O) groups is 2. The van der Waals surface area contributed by atoms with E-state index in [1.165, 1.54) is 7.11 Å². The smallest absolute Gasteiger partial charge is 0.310 e. The molecule has 5 heteroatoms. The average molecular weight is 256 g/mol. The van der Waals surface area contributed by atoms with Crippen LogP contribution in [-0.2, 0) is 14.3 Å². The number of hydrogen-bond acceptors (Lipinski definition) is 4. The van der Waals surface area contributed by atoms with Gasteiger partial charge in [-0.1, -0.05) is 13.8 Å². The number of nitrogens with one attached hydrogen (secondary N) is 1. The minimum absolute atomic E-state index is 0.0817. The third kappa shape index (κ3) is 3.02. The Morgan fingerprint density at radius 3 is 2.61 bits per heavy atom. The van der Waals surface area contributed by atoms with Crippen LogP contribution in [0.3, 0.4) is 0 Å². The second-order valence-electron chi connectivity index (χ2n) is 5.08. The maximum absolute atomic E-state index is 12.5. The lowest BCUT2D eigenvalue weighted by molar-refractivity contribution is -0.147. The summed E-state index contributed by atoms with van der Waals surface area (Å²) in [5.41, 5.74) is -0.426. The highest BCUT2D eigenvalue weighted by Gasteiger charge is 2.41. The Kier molecular flexibility index (Phi) is 5.14. The fourth-order valence-corrected chi connectivity index (χ4v) is 2.58. The lowest BCUT2D eigenvalue weighted by Crippen LogP contribution is -2.54. The summed E-state index contributed by atoms with van der Waals surface area (Å²) in [6.07, 6.45) is 2.68. The van der Waals surface area contributed by atoms with Crippen LogP contribution in [-0.4, -0.2) is 49.6 Å². The summed E-state index contributed by atoms with van der Waals surface area (Å²) in [5.74, 6) is -0.489. The van der Waals surface area contributed by atoms with Gasteiger partial charge in [0, 0.05) is 13.6 Å². The Balaban J connectivity index is 2.63. The zero-order valence-corrected chi connectivity index (χ0v) is 11.8. The van der Waals surface area contributed by atoms with E-state index in [9.17, 15) is 9.59 Å². The molecule has 1 aliphatic rings. The number of methoxy groups -OCH3 is 1. The first-order valence-corrected chi connectivity index (χ1v) is 6.55. The Labute approximate surface area is 109 Å². The summed E-state index contributed by atoms with van der Waals surface area (Å²) >= 11 is 0. The Hall–Kier alpha value is -1.10. The first-order valence-electron chi connectivity index (χ1n) is 6.55. The van der Waals surface area contributed by atoms with E-state index in [1.807, 2.05) is 6.92 Å². The van der Waals surface area contributed by atoms with Gasteiger partial charge in [0.25, 0.3) is 0 Å². The van der Waals surface area contributed by atoms with Crippen molar-refractivity contribution in [3.63, 3.8) is 0 Å². The molecular formula is C13H24N2O3. The molecule has 0 radical (unpaired) electrons. The SMILES string of the molecule is CCC1(C(=O)N(C)CC(C)C(=O)OC)CCCN1. The van der Waals surface area contributed by atoms with Crippen LogP contribution in [0.4, 0.5) is 0 Å².